The molecule has 3 rings (SSSR count). The van der Waals surface area contributed by atoms with E-state index >= 15 is 0 Å². The van der Waals surface area contributed by atoms with Crippen LogP contribution in [0.5, 0.6) is 0 Å². The molecule has 88 valence electrons. The van der Waals surface area contributed by atoms with Gasteiger partial charge in [0.1, 0.15) is 12.7 Å². The van der Waals surface area contributed by atoms with E-state index in [2.05, 4.69) is 27.3 Å². The van der Waals surface area contributed by atoms with Crippen molar-refractivity contribution in [3.05, 3.63) is 31.0 Å². The molecule has 1 unspecified atom stereocenters. The Morgan fingerprint density at radius 1 is 1.47 bits per heavy atom. The number of hydrogen-bond donors (Lipinski definition) is 1. The van der Waals surface area contributed by atoms with Crippen molar-refractivity contribution in [2.24, 2.45) is 5.92 Å². The van der Waals surface area contributed by atoms with Gasteiger partial charge < -0.3 is 5.32 Å². The highest BCUT2D eigenvalue weighted by Gasteiger charge is 2.28. The van der Waals surface area contributed by atoms with Crippen LogP contribution in [-0.4, -0.2) is 25.8 Å². The molecule has 2 heterocycles. The second kappa shape index (κ2) is 4.16. The molecule has 0 aromatic carbocycles. The monoisotopic (exact) mass is 229 g/mol. The number of anilines is 1. The fraction of sp³-hybridized carbons (Fsp3) is 0.417. The van der Waals surface area contributed by atoms with E-state index in [1.807, 2.05) is 12.1 Å². The Balaban J connectivity index is 1.88. The predicted octanol–water partition coefficient (Wildman–Crippen LogP) is 1.87. The molecule has 1 saturated carbocycles. The minimum absolute atomic E-state index is 0.487. The maximum Gasteiger partial charge on any atom is 0.178 e. The van der Waals surface area contributed by atoms with Gasteiger partial charge in [0.15, 0.2) is 5.82 Å². The Morgan fingerprint density at radius 2 is 2.35 bits per heavy atom. The fourth-order valence-corrected chi connectivity index (χ4v) is 1.97. The van der Waals surface area contributed by atoms with E-state index < -0.39 is 0 Å². The normalized spacial score (nSPS) is 16.8. The zero-order valence-corrected chi connectivity index (χ0v) is 9.74. The molecule has 2 aromatic heterocycles. The van der Waals surface area contributed by atoms with Crippen molar-refractivity contribution in [1.29, 1.82) is 0 Å². The van der Waals surface area contributed by atoms with Crippen LogP contribution in [0, 0.1) is 5.92 Å². The van der Waals surface area contributed by atoms with E-state index in [1.54, 1.807) is 17.2 Å². The van der Waals surface area contributed by atoms with Crippen LogP contribution in [0.15, 0.2) is 31.0 Å². The first kappa shape index (κ1) is 10.3. The van der Waals surface area contributed by atoms with Crippen molar-refractivity contribution in [3.8, 4) is 5.82 Å². The second-order valence-corrected chi connectivity index (χ2v) is 4.49. The topological polar surface area (TPSA) is 55.6 Å². The third kappa shape index (κ3) is 2.13. The lowest BCUT2D eigenvalue weighted by Crippen LogP contribution is -2.19. The highest BCUT2D eigenvalue weighted by molar-refractivity contribution is 5.56. The van der Waals surface area contributed by atoms with Crippen molar-refractivity contribution >= 4 is 5.69 Å². The van der Waals surface area contributed by atoms with Crippen LogP contribution in [0.25, 0.3) is 5.82 Å². The first-order chi connectivity index (χ1) is 8.34. The molecule has 1 fully saturated rings. The van der Waals surface area contributed by atoms with Gasteiger partial charge in [-0.25, -0.2) is 14.6 Å². The summed E-state index contributed by atoms with van der Waals surface area (Å²) in [5, 5.41) is 7.63. The van der Waals surface area contributed by atoms with Crippen LogP contribution in [0.3, 0.4) is 0 Å². The van der Waals surface area contributed by atoms with Gasteiger partial charge in [-0.3, -0.25) is 0 Å². The molecular formula is C12H15N5. The minimum atomic E-state index is 0.487. The number of nitrogens with one attached hydrogen (secondary N) is 1. The summed E-state index contributed by atoms with van der Waals surface area (Å²) in [7, 11) is 0. The average Bonchev–Trinajstić information content (AvgIpc) is 3.06. The first-order valence-electron chi connectivity index (χ1n) is 5.91. The molecule has 0 radical (unpaired) electrons. The van der Waals surface area contributed by atoms with Crippen molar-refractivity contribution < 1.29 is 0 Å². The van der Waals surface area contributed by atoms with Crippen LogP contribution in [0.2, 0.25) is 0 Å². The highest BCUT2D eigenvalue weighted by atomic mass is 15.3. The number of nitrogens with zero attached hydrogens (tertiary/aromatic N) is 4. The molecule has 0 spiro atoms. The standard InChI is InChI=1S/C12H15N5/c1-9(10-4-5-10)16-11-3-2-6-14-12(11)17-8-13-7-15-17/h2-3,6-10,16H,4-5H2,1H3. The van der Waals surface area contributed by atoms with Gasteiger partial charge in [-0.15, -0.1) is 0 Å². The number of aromatic nitrogens is 4. The molecule has 17 heavy (non-hydrogen) atoms. The van der Waals surface area contributed by atoms with E-state index in [9.17, 15) is 0 Å². The van der Waals surface area contributed by atoms with Gasteiger partial charge in [0, 0.05) is 12.2 Å². The minimum Gasteiger partial charge on any atom is -0.379 e. The molecule has 1 aliphatic carbocycles. The van der Waals surface area contributed by atoms with Crippen LogP contribution in [0.1, 0.15) is 19.8 Å². The third-order valence-electron chi connectivity index (χ3n) is 3.13. The lowest BCUT2D eigenvalue weighted by Gasteiger charge is -2.16. The molecule has 0 amide bonds. The number of hydrogen-bond acceptors (Lipinski definition) is 4. The van der Waals surface area contributed by atoms with Crippen LogP contribution in [0.4, 0.5) is 5.69 Å². The number of pyridine rings is 1. The van der Waals surface area contributed by atoms with Crippen molar-refractivity contribution in [1.82, 2.24) is 19.7 Å². The SMILES string of the molecule is CC(Nc1cccnc1-n1cncn1)C1CC1. The van der Waals surface area contributed by atoms with Gasteiger partial charge in [0.05, 0.1) is 5.69 Å². The predicted molar refractivity (Wildman–Crippen MR) is 65.0 cm³/mol. The van der Waals surface area contributed by atoms with E-state index in [4.69, 9.17) is 0 Å². The number of rotatable bonds is 4. The summed E-state index contributed by atoms with van der Waals surface area (Å²) in [6.45, 7) is 2.22. The zero-order valence-electron chi connectivity index (χ0n) is 9.74. The molecular weight excluding hydrogens is 214 g/mol. The molecule has 5 heteroatoms. The molecule has 0 saturated heterocycles. The molecule has 0 bridgehead atoms. The smallest absolute Gasteiger partial charge is 0.178 e. The summed E-state index contributed by atoms with van der Waals surface area (Å²) in [6.07, 6.45) is 7.60. The second-order valence-electron chi connectivity index (χ2n) is 4.49. The fourth-order valence-electron chi connectivity index (χ4n) is 1.97. The van der Waals surface area contributed by atoms with Crippen LogP contribution < -0.4 is 5.32 Å². The highest BCUT2D eigenvalue weighted by Crippen LogP contribution is 2.34. The lowest BCUT2D eigenvalue weighted by molar-refractivity contribution is 0.691. The van der Waals surface area contributed by atoms with Crippen LogP contribution in [-0.2, 0) is 0 Å². The third-order valence-corrected chi connectivity index (χ3v) is 3.13. The summed E-state index contributed by atoms with van der Waals surface area (Å²) >= 11 is 0. The van der Waals surface area contributed by atoms with E-state index in [-0.39, 0.29) is 0 Å². The van der Waals surface area contributed by atoms with Gasteiger partial charge in [-0.1, -0.05) is 0 Å². The van der Waals surface area contributed by atoms with E-state index in [1.165, 1.54) is 19.2 Å². The maximum absolute atomic E-state index is 4.35. The van der Waals surface area contributed by atoms with Crippen LogP contribution >= 0.6 is 0 Å². The Labute approximate surface area is 99.9 Å². The molecule has 2 aromatic rings. The summed E-state index contributed by atoms with van der Waals surface area (Å²) < 4.78 is 1.68. The Hall–Kier alpha value is -1.91. The molecule has 5 nitrogen and oxygen atoms in total. The summed E-state index contributed by atoms with van der Waals surface area (Å²) in [4.78, 5) is 8.30. The molecule has 1 N–H and O–H groups in total. The lowest BCUT2D eigenvalue weighted by atomic mass is 10.2. The Kier molecular flexibility index (Phi) is 2.51. The van der Waals surface area contributed by atoms with E-state index in [0.29, 0.717) is 6.04 Å². The van der Waals surface area contributed by atoms with Crippen molar-refractivity contribution in [2.75, 3.05) is 5.32 Å². The van der Waals surface area contributed by atoms with Crippen molar-refractivity contribution in [2.45, 2.75) is 25.8 Å². The average molecular weight is 229 g/mol. The van der Waals surface area contributed by atoms with Gasteiger partial charge in [-0.2, -0.15) is 5.10 Å². The molecule has 1 aliphatic rings. The zero-order chi connectivity index (χ0) is 11.7. The Morgan fingerprint density at radius 3 is 3.06 bits per heavy atom. The maximum atomic E-state index is 4.35. The molecule has 1 atom stereocenters. The summed E-state index contributed by atoms with van der Waals surface area (Å²) in [6, 6.07) is 4.45. The summed E-state index contributed by atoms with van der Waals surface area (Å²) in [5.41, 5.74) is 1.01. The van der Waals surface area contributed by atoms with E-state index in [0.717, 1.165) is 17.4 Å². The summed E-state index contributed by atoms with van der Waals surface area (Å²) in [5.74, 6) is 1.61. The first-order valence-corrected chi connectivity index (χ1v) is 5.91. The van der Waals surface area contributed by atoms with Gasteiger partial charge in [0.2, 0.25) is 0 Å². The van der Waals surface area contributed by atoms with Gasteiger partial charge >= 0.3 is 0 Å². The largest absolute Gasteiger partial charge is 0.379 e. The van der Waals surface area contributed by atoms with Gasteiger partial charge in [-0.05, 0) is 37.8 Å². The Bertz CT molecular complexity index is 489. The van der Waals surface area contributed by atoms with Gasteiger partial charge in [0.25, 0.3) is 0 Å². The van der Waals surface area contributed by atoms with Crippen molar-refractivity contribution in [3.63, 3.8) is 0 Å². The molecule has 0 aliphatic heterocycles. The quantitative estimate of drug-likeness (QED) is 0.869.